The number of rotatable bonds is 9. The summed E-state index contributed by atoms with van der Waals surface area (Å²) >= 11 is 0. The van der Waals surface area contributed by atoms with E-state index in [9.17, 15) is 19.7 Å². The average molecular weight is 308 g/mol. The molecule has 1 atom stereocenters. The van der Waals surface area contributed by atoms with Gasteiger partial charge in [-0.2, -0.15) is 0 Å². The quantitative estimate of drug-likeness (QED) is 0.536. The van der Waals surface area contributed by atoms with Crippen LogP contribution in [-0.2, 0) is 16.0 Å². The maximum atomic E-state index is 11.7. The predicted molar refractivity (Wildman–Crippen MR) is 80.5 cm³/mol. The fourth-order valence-electron chi connectivity index (χ4n) is 2.07. The fourth-order valence-corrected chi connectivity index (χ4v) is 2.07. The molecule has 7 nitrogen and oxygen atoms in total. The third-order valence-electron chi connectivity index (χ3n) is 3.29. The third kappa shape index (κ3) is 5.90. The van der Waals surface area contributed by atoms with Crippen LogP contribution in [0.5, 0.6) is 0 Å². The summed E-state index contributed by atoms with van der Waals surface area (Å²) in [5, 5.41) is 22.3. The highest BCUT2D eigenvalue weighted by Gasteiger charge is 2.17. The third-order valence-corrected chi connectivity index (χ3v) is 3.29. The van der Waals surface area contributed by atoms with Crippen LogP contribution in [0.3, 0.4) is 0 Å². The standard InChI is InChI=1S/C15H20N2O5/c1-2-4-12(15(19)20)10-16-14(18)8-7-11-5-3-6-13(9-11)17(21)22/h3,5-6,9,12H,2,4,7-8,10H2,1H3,(H,16,18)(H,19,20). The number of nitrogens with zero attached hydrogens (tertiary/aromatic N) is 1. The van der Waals surface area contributed by atoms with Gasteiger partial charge in [0, 0.05) is 25.1 Å². The van der Waals surface area contributed by atoms with E-state index in [1.807, 2.05) is 6.92 Å². The van der Waals surface area contributed by atoms with E-state index in [2.05, 4.69) is 5.32 Å². The largest absolute Gasteiger partial charge is 0.481 e. The molecule has 0 heterocycles. The molecule has 2 N–H and O–H groups in total. The predicted octanol–water partition coefficient (Wildman–Crippen LogP) is 2.14. The van der Waals surface area contributed by atoms with E-state index >= 15 is 0 Å². The zero-order valence-electron chi connectivity index (χ0n) is 12.4. The van der Waals surface area contributed by atoms with Crippen LogP contribution < -0.4 is 5.32 Å². The number of carboxylic acids is 1. The zero-order valence-corrected chi connectivity index (χ0v) is 12.4. The van der Waals surface area contributed by atoms with Gasteiger partial charge in [0.2, 0.25) is 5.91 Å². The van der Waals surface area contributed by atoms with Gasteiger partial charge < -0.3 is 10.4 Å². The summed E-state index contributed by atoms with van der Waals surface area (Å²) in [6.07, 6.45) is 1.79. The van der Waals surface area contributed by atoms with Gasteiger partial charge in [-0.05, 0) is 18.4 Å². The Morgan fingerprint density at radius 3 is 2.73 bits per heavy atom. The monoisotopic (exact) mass is 308 g/mol. The maximum absolute atomic E-state index is 11.7. The van der Waals surface area contributed by atoms with Crippen LogP contribution in [0.15, 0.2) is 24.3 Å². The molecule has 0 aliphatic rings. The van der Waals surface area contributed by atoms with E-state index < -0.39 is 16.8 Å². The number of hydrogen-bond acceptors (Lipinski definition) is 4. The topological polar surface area (TPSA) is 110 Å². The molecule has 0 radical (unpaired) electrons. The Hall–Kier alpha value is -2.44. The highest BCUT2D eigenvalue weighted by atomic mass is 16.6. The average Bonchev–Trinajstić information content (AvgIpc) is 2.49. The molecule has 0 aromatic heterocycles. The Balaban J connectivity index is 2.44. The van der Waals surface area contributed by atoms with Crippen molar-refractivity contribution in [2.45, 2.75) is 32.6 Å². The lowest BCUT2D eigenvalue weighted by atomic mass is 10.0. The highest BCUT2D eigenvalue weighted by Crippen LogP contribution is 2.14. The minimum absolute atomic E-state index is 0.00760. The molecule has 1 aromatic carbocycles. The summed E-state index contributed by atoms with van der Waals surface area (Å²) < 4.78 is 0. The summed E-state index contributed by atoms with van der Waals surface area (Å²) in [4.78, 5) is 32.9. The number of nitro benzene ring substituents is 1. The van der Waals surface area contributed by atoms with Crippen LogP contribution in [0.2, 0.25) is 0 Å². The number of carbonyl (C=O) groups is 2. The first-order valence-corrected chi connectivity index (χ1v) is 7.16. The first kappa shape index (κ1) is 17.6. The number of aliphatic carboxylic acids is 1. The van der Waals surface area contributed by atoms with Crippen LogP contribution in [0.1, 0.15) is 31.7 Å². The molecule has 1 aromatic rings. The Morgan fingerprint density at radius 1 is 1.41 bits per heavy atom. The molecule has 1 amide bonds. The van der Waals surface area contributed by atoms with E-state index in [-0.39, 0.29) is 24.6 Å². The number of non-ortho nitro benzene ring substituents is 1. The number of nitro groups is 1. The highest BCUT2D eigenvalue weighted by molar-refractivity contribution is 5.77. The van der Waals surface area contributed by atoms with Crippen LogP contribution in [0, 0.1) is 16.0 Å². The van der Waals surface area contributed by atoms with Crippen molar-refractivity contribution in [2.75, 3.05) is 6.54 Å². The summed E-state index contributed by atoms with van der Waals surface area (Å²) in [7, 11) is 0. The minimum Gasteiger partial charge on any atom is -0.481 e. The van der Waals surface area contributed by atoms with Gasteiger partial charge in [0.1, 0.15) is 0 Å². The second-order valence-electron chi connectivity index (χ2n) is 5.05. The number of carbonyl (C=O) groups excluding carboxylic acids is 1. The van der Waals surface area contributed by atoms with E-state index in [1.165, 1.54) is 12.1 Å². The van der Waals surface area contributed by atoms with E-state index in [0.29, 0.717) is 18.4 Å². The van der Waals surface area contributed by atoms with Gasteiger partial charge in [-0.25, -0.2) is 0 Å². The van der Waals surface area contributed by atoms with Gasteiger partial charge in [-0.1, -0.05) is 25.5 Å². The minimum atomic E-state index is -0.916. The maximum Gasteiger partial charge on any atom is 0.308 e. The Bertz CT molecular complexity index is 544. The number of benzene rings is 1. The van der Waals surface area contributed by atoms with Crippen LogP contribution in [-0.4, -0.2) is 28.5 Å². The van der Waals surface area contributed by atoms with Crippen molar-refractivity contribution in [3.8, 4) is 0 Å². The molecule has 120 valence electrons. The second-order valence-corrected chi connectivity index (χ2v) is 5.05. The number of aryl methyl sites for hydroxylation is 1. The lowest BCUT2D eigenvalue weighted by molar-refractivity contribution is -0.384. The van der Waals surface area contributed by atoms with Gasteiger partial charge in [-0.15, -0.1) is 0 Å². The molecule has 0 spiro atoms. The molecule has 0 saturated heterocycles. The Labute approximate surface area is 128 Å². The van der Waals surface area contributed by atoms with Gasteiger partial charge in [0.25, 0.3) is 5.69 Å². The second kappa shape index (κ2) is 8.76. The Kier molecular flexibility index (Phi) is 7.01. The van der Waals surface area contributed by atoms with Crippen molar-refractivity contribution < 1.29 is 19.6 Å². The number of hydrogen-bond donors (Lipinski definition) is 2. The summed E-state index contributed by atoms with van der Waals surface area (Å²) in [5.74, 6) is -1.75. The van der Waals surface area contributed by atoms with E-state index in [1.54, 1.807) is 12.1 Å². The molecule has 7 heteroatoms. The van der Waals surface area contributed by atoms with Crippen LogP contribution in [0.25, 0.3) is 0 Å². The van der Waals surface area contributed by atoms with Crippen molar-refractivity contribution in [3.05, 3.63) is 39.9 Å². The van der Waals surface area contributed by atoms with Crippen molar-refractivity contribution in [1.82, 2.24) is 5.32 Å². The first-order chi connectivity index (χ1) is 10.4. The van der Waals surface area contributed by atoms with Crippen molar-refractivity contribution in [2.24, 2.45) is 5.92 Å². The molecule has 1 rings (SSSR count). The molecule has 0 fully saturated rings. The van der Waals surface area contributed by atoms with E-state index in [0.717, 1.165) is 6.42 Å². The van der Waals surface area contributed by atoms with E-state index in [4.69, 9.17) is 5.11 Å². The molecular weight excluding hydrogens is 288 g/mol. The Morgan fingerprint density at radius 2 is 2.14 bits per heavy atom. The van der Waals surface area contributed by atoms with Gasteiger partial charge in [0.05, 0.1) is 10.8 Å². The normalized spacial score (nSPS) is 11.7. The van der Waals surface area contributed by atoms with Crippen molar-refractivity contribution in [1.29, 1.82) is 0 Å². The number of amides is 1. The van der Waals surface area contributed by atoms with Crippen LogP contribution >= 0.6 is 0 Å². The summed E-state index contributed by atoms with van der Waals surface area (Å²) in [6, 6.07) is 6.13. The lowest BCUT2D eigenvalue weighted by Gasteiger charge is -2.12. The van der Waals surface area contributed by atoms with Gasteiger partial charge in [-0.3, -0.25) is 19.7 Å². The SMILES string of the molecule is CCCC(CNC(=O)CCc1cccc([N+](=O)[O-])c1)C(=O)O. The number of carboxylic acid groups (broad SMARTS) is 1. The summed E-state index contributed by atoms with van der Waals surface area (Å²) in [6.45, 7) is 2.00. The van der Waals surface area contributed by atoms with Gasteiger partial charge >= 0.3 is 5.97 Å². The molecule has 22 heavy (non-hydrogen) atoms. The summed E-state index contributed by atoms with van der Waals surface area (Å²) in [5.41, 5.74) is 0.694. The molecule has 0 saturated carbocycles. The molecule has 1 unspecified atom stereocenters. The molecule has 0 bridgehead atoms. The lowest BCUT2D eigenvalue weighted by Crippen LogP contribution is -2.33. The number of nitrogens with one attached hydrogen (secondary N) is 1. The zero-order chi connectivity index (χ0) is 16.5. The molecular formula is C15H20N2O5. The van der Waals surface area contributed by atoms with Crippen LogP contribution in [0.4, 0.5) is 5.69 Å². The molecule has 0 aliphatic heterocycles. The van der Waals surface area contributed by atoms with Gasteiger partial charge in [0.15, 0.2) is 0 Å². The smallest absolute Gasteiger partial charge is 0.308 e. The molecule has 0 aliphatic carbocycles. The van der Waals surface area contributed by atoms with Crippen molar-refractivity contribution in [3.63, 3.8) is 0 Å². The first-order valence-electron chi connectivity index (χ1n) is 7.16. The van der Waals surface area contributed by atoms with Crippen molar-refractivity contribution >= 4 is 17.6 Å². The fraction of sp³-hybridized carbons (Fsp3) is 0.467.